The summed E-state index contributed by atoms with van der Waals surface area (Å²) in [5, 5.41) is 1.36. The lowest BCUT2D eigenvalue weighted by molar-refractivity contribution is -0.146. The average Bonchev–Trinajstić information content (AvgIpc) is 2.84. The van der Waals surface area contributed by atoms with Gasteiger partial charge in [0.05, 0.1) is 13.0 Å². The van der Waals surface area contributed by atoms with E-state index >= 15 is 0 Å². The number of carbonyl (C=O) groups excluding carboxylic acids is 1. The van der Waals surface area contributed by atoms with E-state index in [9.17, 15) is 4.79 Å². The van der Waals surface area contributed by atoms with Crippen LogP contribution >= 0.6 is 0 Å². The summed E-state index contributed by atoms with van der Waals surface area (Å²) in [6, 6.07) is 8.56. The smallest absolute Gasteiger partial charge is 0.308 e. The fourth-order valence-corrected chi connectivity index (χ4v) is 3.51. The molecule has 1 aromatic heterocycles. The summed E-state index contributed by atoms with van der Waals surface area (Å²) in [4.78, 5) is 11.6. The van der Waals surface area contributed by atoms with Gasteiger partial charge in [-0.25, -0.2) is 0 Å². The standard InChI is InChI=1S/C17H21NO2/c1-18-11-15(14-5-3-4-6-16(14)18)12-7-9-13(10-8-12)17(19)20-2/h3-6,11-13H,7-10H2,1-2H3. The second-order valence-corrected chi connectivity index (χ2v) is 5.78. The number of benzene rings is 1. The zero-order valence-corrected chi connectivity index (χ0v) is 12.1. The van der Waals surface area contributed by atoms with Crippen molar-refractivity contribution in [3.8, 4) is 0 Å². The van der Waals surface area contributed by atoms with Crippen LogP contribution in [0.3, 0.4) is 0 Å². The van der Waals surface area contributed by atoms with Gasteiger partial charge in [-0.15, -0.1) is 0 Å². The second kappa shape index (κ2) is 5.31. The molecular formula is C17H21NO2. The van der Waals surface area contributed by atoms with Gasteiger partial charge in [0.25, 0.3) is 0 Å². The molecule has 2 aromatic rings. The highest BCUT2D eigenvalue weighted by molar-refractivity contribution is 5.84. The zero-order chi connectivity index (χ0) is 14.1. The Morgan fingerprint density at radius 2 is 1.90 bits per heavy atom. The van der Waals surface area contributed by atoms with E-state index in [1.807, 2.05) is 0 Å². The minimum atomic E-state index is -0.0404. The normalized spacial score (nSPS) is 22.9. The number of hydrogen-bond acceptors (Lipinski definition) is 2. The fourth-order valence-electron chi connectivity index (χ4n) is 3.51. The Morgan fingerprint density at radius 3 is 2.60 bits per heavy atom. The largest absolute Gasteiger partial charge is 0.469 e. The van der Waals surface area contributed by atoms with Crippen molar-refractivity contribution in [1.29, 1.82) is 0 Å². The first-order valence-electron chi connectivity index (χ1n) is 7.32. The van der Waals surface area contributed by atoms with Crippen molar-refractivity contribution in [3.05, 3.63) is 36.0 Å². The quantitative estimate of drug-likeness (QED) is 0.781. The number of aryl methyl sites for hydroxylation is 1. The third-order valence-corrected chi connectivity index (χ3v) is 4.63. The van der Waals surface area contributed by atoms with Crippen LogP contribution in [0.15, 0.2) is 30.5 Å². The highest BCUT2D eigenvalue weighted by atomic mass is 16.5. The van der Waals surface area contributed by atoms with Crippen molar-refractivity contribution in [2.45, 2.75) is 31.6 Å². The Labute approximate surface area is 119 Å². The number of rotatable bonds is 2. The SMILES string of the molecule is COC(=O)C1CCC(c2cn(C)c3ccccc23)CC1. The van der Waals surface area contributed by atoms with Crippen LogP contribution in [0, 0.1) is 5.92 Å². The average molecular weight is 271 g/mol. The molecule has 3 nitrogen and oxygen atoms in total. The van der Waals surface area contributed by atoms with E-state index in [0.717, 1.165) is 25.7 Å². The van der Waals surface area contributed by atoms with Crippen LogP contribution in [0.4, 0.5) is 0 Å². The minimum absolute atomic E-state index is 0.0404. The molecule has 1 aromatic carbocycles. The van der Waals surface area contributed by atoms with E-state index in [2.05, 4.69) is 42.1 Å². The predicted octanol–water partition coefficient (Wildman–Crippen LogP) is 3.63. The highest BCUT2D eigenvalue weighted by Crippen LogP contribution is 2.39. The van der Waals surface area contributed by atoms with Gasteiger partial charge in [0.2, 0.25) is 0 Å². The van der Waals surface area contributed by atoms with Gasteiger partial charge < -0.3 is 9.30 Å². The third kappa shape index (κ3) is 2.21. The van der Waals surface area contributed by atoms with Gasteiger partial charge >= 0.3 is 5.97 Å². The van der Waals surface area contributed by atoms with Crippen molar-refractivity contribution in [2.75, 3.05) is 7.11 Å². The van der Waals surface area contributed by atoms with Gasteiger partial charge in [-0.05, 0) is 43.2 Å². The number of esters is 1. The minimum Gasteiger partial charge on any atom is -0.469 e. The van der Waals surface area contributed by atoms with Crippen LogP contribution in [0.5, 0.6) is 0 Å². The monoisotopic (exact) mass is 271 g/mol. The molecule has 0 radical (unpaired) electrons. The lowest BCUT2D eigenvalue weighted by Crippen LogP contribution is -2.22. The first kappa shape index (κ1) is 13.2. The molecule has 0 bridgehead atoms. The summed E-state index contributed by atoms with van der Waals surface area (Å²) in [6.45, 7) is 0. The summed E-state index contributed by atoms with van der Waals surface area (Å²) < 4.78 is 7.07. The van der Waals surface area contributed by atoms with Gasteiger partial charge in [0.1, 0.15) is 0 Å². The van der Waals surface area contributed by atoms with Crippen LogP contribution < -0.4 is 0 Å². The molecule has 20 heavy (non-hydrogen) atoms. The summed E-state index contributed by atoms with van der Waals surface area (Å²) in [7, 11) is 3.59. The van der Waals surface area contributed by atoms with Gasteiger partial charge in [0.15, 0.2) is 0 Å². The third-order valence-electron chi connectivity index (χ3n) is 4.63. The lowest BCUT2D eigenvalue weighted by atomic mass is 9.78. The molecule has 1 aliphatic carbocycles. The van der Waals surface area contributed by atoms with Crippen LogP contribution in [-0.2, 0) is 16.6 Å². The van der Waals surface area contributed by atoms with E-state index in [-0.39, 0.29) is 11.9 Å². The molecule has 3 rings (SSSR count). The summed E-state index contributed by atoms with van der Waals surface area (Å²) in [5.74, 6) is 0.634. The van der Waals surface area contributed by atoms with Gasteiger partial charge in [0, 0.05) is 24.1 Å². The number of aromatic nitrogens is 1. The Bertz CT molecular complexity index is 621. The Morgan fingerprint density at radius 1 is 1.20 bits per heavy atom. The van der Waals surface area contributed by atoms with E-state index < -0.39 is 0 Å². The number of methoxy groups -OCH3 is 1. The molecule has 0 aliphatic heterocycles. The number of ether oxygens (including phenoxy) is 1. The van der Waals surface area contributed by atoms with Crippen molar-refractivity contribution in [2.24, 2.45) is 13.0 Å². The maximum atomic E-state index is 11.6. The van der Waals surface area contributed by atoms with E-state index in [1.165, 1.54) is 23.6 Å². The summed E-state index contributed by atoms with van der Waals surface area (Å²) in [5.41, 5.74) is 2.73. The first-order valence-corrected chi connectivity index (χ1v) is 7.32. The number of para-hydroxylation sites is 1. The van der Waals surface area contributed by atoms with E-state index in [0.29, 0.717) is 5.92 Å². The van der Waals surface area contributed by atoms with Crippen molar-refractivity contribution < 1.29 is 9.53 Å². The second-order valence-electron chi connectivity index (χ2n) is 5.78. The Kier molecular flexibility index (Phi) is 3.51. The highest BCUT2D eigenvalue weighted by Gasteiger charge is 2.28. The van der Waals surface area contributed by atoms with Gasteiger partial charge in [-0.3, -0.25) is 4.79 Å². The molecule has 0 unspecified atom stereocenters. The van der Waals surface area contributed by atoms with E-state index in [4.69, 9.17) is 4.74 Å². The maximum absolute atomic E-state index is 11.6. The van der Waals surface area contributed by atoms with Crippen LogP contribution in [0.1, 0.15) is 37.2 Å². The Balaban J connectivity index is 1.82. The fraction of sp³-hybridized carbons (Fsp3) is 0.471. The first-order chi connectivity index (χ1) is 9.70. The predicted molar refractivity (Wildman–Crippen MR) is 79.6 cm³/mol. The van der Waals surface area contributed by atoms with Crippen molar-refractivity contribution in [3.63, 3.8) is 0 Å². The molecule has 1 heterocycles. The molecule has 0 atom stereocenters. The molecular weight excluding hydrogens is 250 g/mol. The molecule has 0 amide bonds. The molecule has 1 saturated carbocycles. The van der Waals surface area contributed by atoms with Crippen molar-refractivity contribution in [1.82, 2.24) is 4.57 Å². The Hall–Kier alpha value is -1.77. The number of nitrogens with zero attached hydrogens (tertiary/aromatic N) is 1. The molecule has 106 valence electrons. The molecule has 3 heteroatoms. The number of carbonyl (C=O) groups is 1. The van der Waals surface area contributed by atoms with Gasteiger partial charge in [-0.2, -0.15) is 0 Å². The van der Waals surface area contributed by atoms with Crippen LogP contribution in [0.2, 0.25) is 0 Å². The number of hydrogen-bond donors (Lipinski definition) is 0. The van der Waals surface area contributed by atoms with Crippen molar-refractivity contribution >= 4 is 16.9 Å². The van der Waals surface area contributed by atoms with Gasteiger partial charge in [-0.1, -0.05) is 18.2 Å². The summed E-state index contributed by atoms with van der Waals surface area (Å²) >= 11 is 0. The van der Waals surface area contributed by atoms with Crippen LogP contribution in [-0.4, -0.2) is 17.6 Å². The number of fused-ring (bicyclic) bond motifs is 1. The molecule has 1 aliphatic rings. The maximum Gasteiger partial charge on any atom is 0.308 e. The molecule has 0 spiro atoms. The van der Waals surface area contributed by atoms with E-state index in [1.54, 1.807) is 0 Å². The molecule has 0 N–H and O–H groups in total. The topological polar surface area (TPSA) is 31.2 Å². The zero-order valence-electron chi connectivity index (χ0n) is 12.1. The molecule has 0 saturated heterocycles. The van der Waals surface area contributed by atoms with Crippen LogP contribution in [0.25, 0.3) is 10.9 Å². The summed E-state index contributed by atoms with van der Waals surface area (Å²) in [6.07, 6.45) is 6.30. The molecule has 1 fully saturated rings. The lowest BCUT2D eigenvalue weighted by Gasteiger charge is -2.26.